The van der Waals surface area contributed by atoms with Gasteiger partial charge < -0.3 is 9.52 Å². The average molecular weight is 867 g/mol. The van der Waals surface area contributed by atoms with Crippen molar-refractivity contribution in [2.75, 3.05) is 0 Å². The van der Waals surface area contributed by atoms with Gasteiger partial charge in [-0.2, -0.15) is 11.3 Å². The number of hydrogen-bond acceptors (Lipinski definition) is 5. The molecule has 0 aliphatic heterocycles. The fraction of sp³-hybridized carbons (Fsp3) is 0.409. The number of rotatable bonds is 10. The number of allylic oxidation sites excluding steroid dienone is 2. The van der Waals surface area contributed by atoms with Crippen molar-refractivity contribution in [1.29, 1.82) is 0 Å². The summed E-state index contributed by atoms with van der Waals surface area (Å²) in [5.74, 6) is 2.07. The summed E-state index contributed by atoms with van der Waals surface area (Å²) < 4.78 is 8.86. The minimum absolute atomic E-state index is 0. The second-order valence-electron chi connectivity index (χ2n) is 14.7. The summed E-state index contributed by atoms with van der Waals surface area (Å²) in [6.07, 6.45) is 7.87. The quantitative estimate of drug-likeness (QED) is 0.0846. The Morgan fingerprint density at radius 3 is 2.26 bits per heavy atom. The molecule has 0 amide bonds. The summed E-state index contributed by atoms with van der Waals surface area (Å²) in [5.41, 5.74) is 5.75. The molecule has 50 heavy (non-hydrogen) atoms. The Kier molecular flexibility index (Phi) is 13.3. The zero-order chi connectivity index (χ0) is 35.5. The zero-order valence-electron chi connectivity index (χ0n) is 31.1. The summed E-state index contributed by atoms with van der Waals surface area (Å²) in [7, 11) is 0. The minimum Gasteiger partial charge on any atom is -0.512 e. The van der Waals surface area contributed by atoms with Crippen molar-refractivity contribution in [3.05, 3.63) is 89.8 Å². The molecule has 3 aromatic carbocycles. The molecular formula is C44H52IrNO3S-. The molecule has 0 bridgehead atoms. The van der Waals surface area contributed by atoms with E-state index in [4.69, 9.17) is 9.40 Å². The number of carbonyl (C=O) groups excluding carboxylic acids is 1. The van der Waals surface area contributed by atoms with Gasteiger partial charge in [-0.05, 0) is 71.9 Å². The van der Waals surface area contributed by atoms with Crippen LogP contribution in [0.25, 0.3) is 53.4 Å². The molecule has 267 valence electrons. The van der Waals surface area contributed by atoms with Gasteiger partial charge in [-0.1, -0.05) is 109 Å². The molecular weight excluding hydrogens is 815 g/mol. The number of aliphatic hydroxyl groups excluding tert-OH is 1. The summed E-state index contributed by atoms with van der Waals surface area (Å²) in [4.78, 5) is 16.5. The summed E-state index contributed by atoms with van der Waals surface area (Å²) in [6, 6.07) is 23.1. The van der Waals surface area contributed by atoms with Gasteiger partial charge in [-0.25, -0.2) is 0 Å². The third-order valence-corrected chi connectivity index (χ3v) is 10.8. The summed E-state index contributed by atoms with van der Waals surface area (Å²) >= 11 is 1.82. The predicted octanol–water partition coefficient (Wildman–Crippen LogP) is 13.2. The maximum absolute atomic E-state index is 11.7. The van der Waals surface area contributed by atoms with Crippen LogP contribution in [-0.2, 0) is 36.7 Å². The smallest absolute Gasteiger partial charge is 0.162 e. The van der Waals surface area contributed by atoms with Crippen molar-refractivity contribution >= 4 is 59.2 Å². The van der Waals surface area contributed by atoms with Crippen LogP contribution < -0.4 is 0 Å². The Morgan fingerprint density at radius 1 is 0.940 bits per heavy atom. The fourth-order valence-electron chi connectivity index (χ4n) is 6.87. The number of carbonyl (C=O) groups is 1. The van der Waals surface area contributed by atoms with Gasteiger partial charge in [0.15, 0.2) is 5.78 Å². The van der Waals surface area contributed by atoms with E-state index in [0.29, 0.717) is 5.92 Å². The Morgan fingerprint density at radius 2 is 1.62 bits per heavy atom. The molecule has 0 fully saturated rings. The number of thiophene rings is 1. The topological polar surface area (TPSA) is 63.3 Å². The maximum atomic E-state index is 11.7. The first-order chi connectivity index (χ1) is 23.4. The second-order valence-corrected chi connectivity index (χ2v) is 15.7. The van der Waals surface area contributed by atoms with Crippen LogP contribution in [0.15, 0.2) is 77.0 Å². The molecule has 1 radical (unpaired) electrons. The summed E-state index contributed by atoms with van der Waals surface area (Å²) in [6.45, 7) is 19.4. The van der Waals surface area contributed by atoms with E-state index in [1.165, 1.54) is 27.3 Å². The molecule has 0 atom stereocenters. The SMILES string of the molecule is CC(C)Cc1ccc2cc(-c3ccnc4c3sc3c(C(C)(C)C)c5ccccc5[c-]c34)oc2c1.CCC(CC)C(=O)/C=C(\O)C(CC)CC.[Ir]. The van der Waals surface area contributed by atoms with Crippen LogP contribution in [-0.4, -0.2) is 15.9 Å². The first-order valence-electron chi connectivity index (χ1n) is 18.0. The molecule has 0 aliphatic carbocycles. The third-order valence-electron chi connectivity index (χ3n) is 9.58. The van der Waals surface area contributed by atoms with Crippen LogP contribution in [0.2, 0.25) is 0 Å². The monoisotopic (exact) mass is 867 g/mol. The van der Waals surface area contributed by atoms with Crippen LogP contribution in [0.1, 0.15) is 99.1 Å². The normalized spacial score (nSPS) is 12.4. The molecule has 3 aromatic heterocycles. The Labute approximate surface area is 315 Å². The van der Waals surface area contributed by atoms with Gasteiger partial charge in [0, 0.05) is 65.4 Å². The molecule has 4 nitrogen and oxygen atoms in total. The van der Waals surface area contributed by atoms with E-state index in [-0.39, 0.29) is 48.9 Å². The fourth-order valence-corrected chi connectivity index (χ4v) is 8.38. The van der Waals surface area contributed by atoms with Crippen molar-refractivity contribution in [2.24, 2.45) is 17.8 Å². The van der Waals surface area contributed by atoms with Gasteiger partial charge in [0.2, 0.25) is 0 Å². The van der Waals surface area contributed by atoms with E-state index >= 15 is 0 Å². The Bertz CT molecular complexity index is 2110. The van der Waals surface area contributed by atoms with Gasteiger partial charge in [-0.15, -0.1) is 17.5 Å². The largest absolute Gasteiger partial charge is 0.512 e. The van der Waals surface area contributed by atoms with Crippen molar-refractivity contribution in [2.45, 2.75) is 99.8 Å². The van der Waals surface area contributed by atoms with Gasteiger partial charge >= 0.3 is 0 Å². The van der Waals surface area contributed by atoms with E-state index in [1.807, 2.05) is 45.2 Å². The van der Waals surface area contributed by atoms with E-state index in [0.717, 1.165) is 75.4 Å². The molecule has 6 heteroatoms. The molecule has 0 aliphatic rings. The molecule has 3 heterocycles. The maximum Gasteiger partial charge on any atom is 0.162 e. The number of fused-ring (bicyclic) bond motifs is 5. The van der Waals surface area contributed by atoms with Gasteiger partial charge in [-0.3, -0.25) is 9.78 Å². The molecule has 6 aromatic rings. The Balaban J connectivity index is 0.000000301. The van der Waals surface area contributed by atoms with E-state index in [1.54, 1.807) is 0 Å². The van der Waals surface area contributed by atoms with Crippen LogP contribution in [0.5, 0.6) is 0 Å². The van der Waals surface area contributed by atoms with Crippen molar-refractivity contribution in [3.8, 4) is 11.3 Å². The molecule has 0 saturated heterocycles. The third kappa shape index (κ3) is 8.41. The zero-order valence-corrected chi connectivity index (χ0v) is 34.3. The number of hydrogen-bond donors (Lipinski definition) is 1. The average Bonchev–Trinajstić information content (AvgIpc) is 3.65. The standard InChI is InChI=1S/C31H28NOS.C13H24O2.Ir/c1-18(2)14-19-10-11-21-17-26(33-25(21)15-19)23-12-13-32-28-24-16-20-8-6-7-9-22(20)27(31(3,4)5)29(24)34-30(23)28;1-5-10(6-2)12(14)9-13(15)11(7-3)8-4;/h6-13,15,17-18H,14H2,1-5H3;9-11,14H,5-8H2,1-4H3;/q-1;;/b;12-9-;. The number of aliphatic hydroxyl groups is 1. The van der Waals surface area contributed by atoms with E-state index in [2.05, 4.69) is 95.3 Å². The number of pyridine rings is 1. The molecule has 0 spiro atoms. The Hall–Kier alpha value is -3.31. The van der Waals surface area contributed by atoms with Crippen LogP contribution >= 0.6 is 11.3 Å². The van der Waals surface area contributed by atoms with Gasteiger partial charge in [0.05, 0.1) is 5.76 Å². The van der Waals surface area contributed by atoms with Crippen LogP contribution in [0, 0.1) is 23.8 Å². The predicted molar refractivity (Wildman–Crippen MR) is 210 cm³/mol. The first-order valence-corrected chi connectivity index (χ1v) is 18.8. The van der Waals surface area contributed by atoms with Crippen LogP contribution in [0.4, 0.5) is 0 Å². The van der Waals surface area contributed by atoms with Crippen molar-refractivity contribution < 1.29 is 34.4 Å². The molecule has 0 unspecified atom stereocenters. The van der Waals surface area contributed by atoms with Gasteiger partial charge in [0.1, 0.15) is 11.3 Å². The van der Waals surface area contributed by atoms with E-state index in [9.17, 15) is 9.90 Å². The van der Waals surface area contributed by atoms with Gasteiger partial charge in [0.25, 0.3) is 0 Å². The van der Waals surface area contributed by atoms with Crippen molar-refractivity contribution in [1.82, 2.24) is 4.98 Å². The molecule has 0 saturated carbocycles. The minimum atomic E-state index is 0. The molecule has 6 rings (SSSR count). The second kappa shape index (κ2) is 16.8. The number of nitrogens with zero attached hydrogens (tertiary/aromatic N) is 1. The van der Waals surface area contributed by atoms with Crippen molar-refractivity contribution in [3.63, 3.8) is 0 Å². The summed E-state index contributed by atoms with van der Waals surface area (Å²) in [5, 5.41) is 14.4. The molecule has 1 N–H and O–H groups in total. The number of ketones is 1. The van der Waals surface area contributed by atoms with Crippen LogP contribution in [0.3, 0.4) is 0 Å². The number of benzene rings is 3. The number of aromatic nitrogens is 1. The first kappa shape index (κ1) is 39.5. The van der Waals surface area contributed by atoms with E-state index < -0.39 is 0 Å². The number of furan rings is 1.